The Morgan fingerprint density at radius 3 is 2.44 bits per heavy atom. The van der Waals surface area contributed by atoms with Crippen molar-refractivity contribution in [2.45, 2.75) is 45.7 Å². The van der Waals surface area contributed by atoms with Crippen LogP contribution in [0.1, 0.15) is 39.3 Å². The summed E-state index contributed by atoms with van der Waals surface area (Å²) in [5.74, 6) is 0.915. The Morgan fingerprint density at radius 1 is 1.39 bits per heavy atom. The Morgan fingerprint density at radius 2 is 2.00 bits per heavy atom. The fraction of sp³-hybridized carbons (Fsp3) is 0.786. The smallest absolute Gasteiger partial charge is 0.0948 e. The molecule has 1 atom stereocenters. The Kier molecular flexibility index (Phi) is 4.93. The van der Waals surface area contributed by atoms with Crippen molar-refractivity contribution >= 4 is 0 Å². The molecule has 0 aliphatic heterocycles. The van der Waals surface area contributed by atoms with Crippen molar-refractivity contribution in [3.05, 3.63) is 18.2 Å². The van der Waals surface area contributed by atoms with E-state index >= 15 is 0 Å². The van der Waals surface area contributed by atoms with Crippen LogP contribution in [0.2, 0.25) is 0 Å². The number of rotatable bonds is 6. The third-order valence-electron chi connectivity index (χ3n) is 3.95. The van der Waals surface area contributed by atoms with E-state index in [-0.39, 0.29) is 5.54 Å². The number of hydrogen-bond acceptors (Lipinski definition) is 3. The lowest BCUT2D eigenvalue weighted by Crippen LogP contribution is -2.42. The van der Waals surface area contributed by atoms with E-state index in [0.29, 0.717) is 18.4 Å². The average Bonchev–Trinajstić information content (AvgIpc) is 2.66. The molecule has 0 aliphatic rings. The van der Waals surface area contributed by atoms with Gasteiger partial charge in [0.05, 0.1) is 6.33 Å². The zero-order chi connectivity index (χ0) is 13.9. The molecule has 0 aliphatic carbocycles. The second kappa shape index (κ2) is 5.85. The van der Waals surface area contributed by atoms with Gasteiger partial charge in [0.25, 0.3) is 0 Å². The molecule has 2 N–H and O–H groups in total. The highest BCUT2D eigenvalue weighted by molar-refractivity contribution is 5.09. The normalized spacial score (nSPS) is 14.5. The molecule has 1 aromatic heterocycles. The van der Waals surface area contributed by atoms with E-state index in [1.165, 1.54) is 5.69 Å². The fourth-order valence-electron chi connectivity index (χ4n) is 2.06. The summed E-state index contributed by atoms with van der Waals surface area (Å²) in [7, 11) is 4.22. The molecule has 1 unspecified atom stereocenters. The van der Waals surface area contributed by atoms with E-state index in [1.54, 1.807) is 0 Å². The molecule has 4 nitrogen and oxygen atoms in total. The molecule has 0 saturated carbocycles. The monoisotopic (exact) mass is 252 g/mol. The quantitative estimate of drug-likeness (QED) is 0.841. The Hall–Kier alpha value is -0.870. The lowest BCUT2D eigenvalue weighted by atomic mass is 9.92. The molecule has 1 aromatic rings. The second-order valence-corrected chi connectivity index (χ2v) is 6.24. The van der Waals surface area contributed by atoms with Crippen LogP contribution in [0, 0.1) is 5.92 Å². The van der Waals surface area contributed by atoms with Gasteiger partial charge in [-0.05, 0) is 33.9 Å². The van der Waals surface area contributed by atoms with Crippen LogP contribution in [-0.2, 0) is 6.54 Å². The third kappa shape index (κ3) is 3.33. The van der Waals surface area contributed by atoms with E-state index in [1.807, 2.05) is 12.5 Å². The molecule has 0 spiro atoms. The van der Waals surface area contributed by atoms with Crippen molar-refractivity contribution in [1.29, 1.82) is 0 Å². The Bertz CT molecular complexity index is 366. The molecule has 0 radical (unpaired) electrons. The molecular formula is C14H28N4. The number of nitrogens with two attached hydrogens (primary N) is 1. The van der Waals surface area contributed by atoms with Gasteiger partial charge < -0.3 is 15.2 Å². The van der Waals surface area contributed by atoms with Crippen LogP contribution >= 0.6 is 0 Å². The summed E-state index contributed by atoms with van der Waals surface area (Å²) in [4.78, 5) is 6.55. The molecule has 0 fully saturated rings. The van der Waals surface area contributed by atoms with Crippen LogP contribution < -0.4 is 5.73 Å². The van der Waals surface area contributed by atoms with E-state index in [9.17, 15) is 0 Å². The maximum atomic E-state index is 5.91. The largest absolute Gasteiger partial charge is 0.332 e. The number of nitrogens with zero attached hydrogens (tertiary/aromatic N) is 3. The first-order valence-corrected chi connectivity index (χ1v) is 6.67. The molecule has 1 heterocycles. The molecule has 4 heteroatoms. The third-order valence-corrected chi connectivity index (χ3v) is 3.95. The van der Waals surface area contributed by atoms with Gasteiger partial charge in [-0.25, -0.2) is 4.98 Å². The fourth-order valence-corrected chi connectivity index (χ4v) is 2.06. The van der Waals surface area contributed by atoms with Crippen molar-refractivity contribution in [3.8, 4) is 0 Å². The van der Waals surface area contributed by atoms with Gasteiger partial charge in [0.1, 0.15) is 0 Å². The van der Waals surface area contributed by atoms with Crippen LogP contribution in [0.4, 0.5) is 0 Å². The first kappa shape index (κ1) is 15.2. The predicted molar refractivity (Wildman–Crippen MR) is 76.6 cm³/mol. The van der Waals surface area contributed by atoms with Gasteiger partial charge in [-0.2, -0.15) is 0 Å². The molecule has 1 rings (SSSR count). The van der Waals surface area contributed by atoms with Crippen molar-refractivity contribution < 1.29 is 0 Å². The van der Waals surface area contributed by atoms with Crippen LogP contribution in [0.15, 0.2) is 12.5 Å². The summed E-state index contributed by atoms with van der Waals surface area (Å²) in [5.41, 5.74) is 7.26. The van der Waals surface area contributed by atoms with Gasteiger partial charge in [0.2, 0.25) is 0 Å². The minimum Gasteiger partial charge on any atom is -0.332 e. The van der Waals surface area contributed by atoms with Gasteiger partial charge in [-0.15, -0.1) is 0 Å². The first-order chi connectivity index (χ1) is 8.29. The highest BCUT2D eigenvalue weighted by Crippen LogP contribution is 2.24. The van der Waals surface area contributed by atoms with Crippen LogP contribution in [0.25, 0.3) is 0 Å². The van der Waals surface area contributed by atoms with Gasteiger partial charge in [0, 0.05) is 36.4 Å². The number of imidazole rings is 1. The highest BCUT2D eigenvalue weighted by atomic mass is 15.2. The first-order valence-electron chi connectivity index (χ1n) is 6.67. The van der Waals surface area contributed by atoms with E-state index < -0.39 is 0 Å². The Balaban J connectivity index is 2.96. The second-order valence-electron chi connectivity index (χ2n) is 6.24. The SMILES string of the molecule is CC(C)C(CN)c1cncn1CC(C)(C)N(C)C. The minimum atomic E-state index is 0.103. The van der Waals surface area contributed by atoms with E-state index in [0.717, 1.165) is 6.54 Å². The summed E-state index contributed by atoms with van der Waals surface area (Å²) in [6.07, 6.45) is 3.88. The number of aromatic nitrogens is 2. The molecular weight excluding hydrogens is 224 g/mol. The zero-order valence-electron chi connectivity index (χ0n) is 12.6. The summed E-state index contributed by atoms with van der Waals surface area (Å²) in [5, 5.41) is 0. The molecule has 0 aromatic carbocycles. The molecule has 0 amide bonds. The molecule has 0 saturated heterocycles. The maximum absolute atomic E-state index is 5.91. The maximum Gasteiger partial charge on any atom is 0.0948 e. The summed E-state index contributed by atoms with van der Waals surface area (Å²) >= 11 is 0. The zero-order valence-corrected chi connectivity index (χ0v) is 12.6. The van der Waals surface area contributed by atoms with Crippen LogP contribution in [-0.4, -0.2) is 40.6 Å². The Labute approximate surface area is 111 Å². The highest BCUT2D eigenvalue weighted by Gasteiger charge is 2.24. The molecule has 18 heavy (non-hydrogen) atoms. The van der Waals surface area contributed by atoms with Crippen molar-refractivity contribution in [2.24, 2.45) is 11.7 Å². The van der Waals surface area contributed by atoms with Crippen LogP contribution in [0.3, 0.4) is 0 Å². The van der Waals surface area contributed by atoms with Crippen LogP contribution in [0.5, 0.6) is 0 Å². The number of likely N-dealkylation sites (N-methyl/N-ethyl adjacent to an activating group) is 1. The van der Waals surface area contributed by atoms with Gasteiger partial charge in [-0.1, -0.05) is 13.8 Å². The predicted octanol–water partition coefficient (Wildman–Crippen LogP) is 1.92. The standard InChI is InChI=1S/C14H28N4/c1-11(2)12(7-15)13-8-16-10-18(13)9-14(3,4)17(5)6/h8,10-12H,7,9,15H2,1-6H3. The average molecular weight is 252 g/mol. The lowest BCUT2D eigenvalue weighted by Gasteiger charge is -2.34. The van der Waals surface area contributed by atoms with Crippen molar-refractivity contribution in [3.63, 3.8) is 0 Å². The minimum absolute atomic E-state index is 0.103. The van der Waals surface area contributed by atoms with E-state index in [2.05, 4.69) is 56.2 Å². The summed E-state index contributed by atoms with van der Waals surface area (Å²) in [6, 6.07) is 0. The van der Waals surface area contributed by atoms with Crippen molar-refractivity contribution in [1.82, 2.24) is 14.5 Å². The van der Waals surface area contributed by atoms with Crippen molar-refractivity contribution in [2.75, 3.05) is 20.6 Å². The number of hydrogen-bond donors (Lipinski definition) is 1. The van der Waals surface area contributed by atoms with Gasteiger partial charge >= 0.3 is 0 Å². The topological polar surface area (TPSA) is 47.1 Å². The van der Waals surface area contributed by atoms with Gasteiger partial charge in [0.15, 0.2) is 0 Å². The summed E-state index contributed by atoms with van der Waals surface area (Å²) < 4.78 is 2.25. The van der Waals surface area contributed by atoms with Gasteiger partial charge in [-0.3, -0.25) is 0 Å². The van der Waals surface area contributed by atoms with E-state index in [4.69, 9.17) is 5.73 Å². The lowest BCUT2D eigenvalue weighted by molar-refractivity contribution is 0.167. The molecule has 0 bridgehead atoms. The molecule has 104 valence electrons. The summed E-state index contributed by atoms with van der Waals surface area (Å²) in [6.45, 7) is 10.5.